The van der Waals surface area contributed by atoms with Gasteiger partial charge in [0.15, 0.2) is 0 Å². The molecule has 0 radical (unpaired) electrons. The first kappa shape index (κ1) is 42.3. The molecule has 0 saturated carbocycles. The van der Waals surface area contributed by atoms with Crippen molar-refractivity contribution in [2.75, 3.05) is 6.54 Å². The largest absolute Gasteiger partial charge is 0.391 e. The van der Waals surface area contributed by atoms with Gasteiger partial charge in [0, 0.05) is 12.6 Å². The fourth-order valence-corrected chi connectivity index (χ4v) is 7.42. The van der Waals surface area contributed by atoms with Gasteiger partial charge in [0.05, 0.1) is 42.5 Å². The van der Waals surface area contributed by atoms with Gasteiger partial charge < -0.3 is 45.9 Å². The molecule has 0 aromatic heterocycles. The first-order valence-electron chi connectivity index (χ1n) is 19.2. The van der Waals surface area contributed by atoms with E-state index in [2.05, 4.69) is 42.5 Å². The van der Waals surface area contributed by atoms with Crippen molar-refractivity contribution in [3.63, 3.8) is 0 Å². The van der Waals surface area contributed by atoms with Gasteiger partial charge >= 0.3 is 0 Å². The molecule has 0 aromatic rings. The summed E-state index contributed by atoms with van der Waals surface area (Å²) in [7, 11) is 0. The Labute approximate surface area is 309 Å². The van der Waals surface area contributed by atoms with Crippen LogP contribution in [0.5, 0.6) is 0 Å². The normalized spacial score (nSPS) is 40.8. The fourth-order valence-electron chi connectivity index (χ4n) is 7.42. The van der Waals surface area contributed by atoms with E-state index in [1.807, 2.05) is 69.2 Å². The zero-order valence-electron chi connectivity index (χ0n) is 33.0. The molecule has 6 bridgehead atoms. The van der Waals surface area contributed by atoms with E-state index in [9.17, 15) is 24.3 Å². The van der Waals surface area contributed by atoms with E-state index in [0.29, 0.717) is 0 Å². The number of carbonyl (C=O) groups is 4. The summed E-state index contributed by atoms with van der Waals surface area (Å²) < 4.78 is 18.8. The van der Waals surface area contributed by atoms with Crippen LogP contribution in [0, 0.1) is 23.7 Å². The van der Waals surface area contributed by atoms with Crippen molar-refractivity contribution >= 4 is 23.6 Å². The molecule has 52 heavy (non-hydrogen) atoms. The maximum atomic E-state index is 13.8. The molecule has 0 spiro atoms. The molecule has 16 heteroatoms. The Balaban J connectivity index is 1.65. The van der Waals surface area contributed by atoms with Gasteiger partial charge in [-0.25, -0.2) is 0 Å². The highest BCUT2D eigenvalue weighted by molar-refractivity contribution is 5.85. The first-order valence-corrected chi connectivity index (χ1v) is 19.2. The summed E-state index contributed by atoms with van der Waals surface area (Å²) in [5.74, 6) is -1.49. The predicted molar refractivity (Wildman–Crippen MR) is 194 cm³/mol. The number of carbonyl (C=O) groups excluding carboxylic acids is 4. The van der Waals surface area contributed by atoms with Crippen molar-refractivity contribution in [3.8, 4) is 0 Å². The Morgan fingerprint density at radius 1 is 0.519 bits per heavy atom. The standard InChI is InChI=1S/C36H66N8O8/c1-14(2)22-13-37-26(18(9)45)30(46)39-23(15(3)4)34-43-28(20(11)51-34)32(48)41-25(17(7)8)36-44-29(21(12)52-36)33(49)40-24(16(5)6)35-42-27(19(10)50-35)31(47)38-22/h14-29,34-37,42-45H,13H2,1-12H3,(H,38,47)(H,39,46)(H,40,49)(H,41,48)/t18-,19-,20-,21-,22-,23+,24+,25+,26+,27+,28+,29+,34?,35?,36?/m1/s1. The van der Waals surface area contributed by atoms with E-state index in [1.54, 1.807) is 6.92 Å². The van der Waals surface area contributed by atoms with Gasteiger partial charge in [-0.1, -0.05) is 55.4 Å². The molecule has 4 aliphatic heterocycles. The van der Waals surface area contributed by atoms with Crippen molar-refractivity contribution in [2.45, 2.75) is 175 Å². The van der Waals surface area contributed by atoms with Crippen LogP contribution in [-0.2, 0) is 33.4 Å². The topological polar surface area (TPSA) is 212 Å². The van der Waals surface area contributed by atoms with Crippen molar-refractivity contribution in [1.29, 1.82) is 0 Å². The molecule has 15 atom stereocenters. The number of rotatable bonds is 5. The van der Waals surface area contributed by atoms with Crippen LogP contribution < -0.4 is 42.5 Å². The monoisotopic (exact) mass is 739 g/mol. The highest BCUT2D eigenvalue weighted by Gasteiger charge is 2.47. The molecule has 0 aliphatic carbocycles. The summed E-state index contributed by atoms with van der Waals surface area (Å²) >= 11 is 0. The summed E-state index contributed by atoms with van der Waals surface area (Å²) in [5, 5.41) is 36.3. The van der Waals surface area contributed by atoms with Gasteiger partial charge in [-0.15, -0.1) is 0 Å². The molecule has 0 aromatic carbocycles. The van der Waals surface area contributed by atoms with E-state index in [0.717, 1.165) is 0 Å². The molecular formula is C36H66N8O8. The molecule has 16 nitrogen and oxygen atoms in total. The number of aliphatic hydroxyl groups excluding tert-OH is 1. The molecule has 4 amide bonds. The second-order valence-corrected chi connectivity index (χ2v) is 16.5. The Hall–Kier alpha value is -2.44. The minimum absolute atomic E-state index is 0.0184. The number of nitrogens with one attached hydrogen (secondary N) is 8. The third kappa shape index (κ3) is 9.80. The van der Waals surface area contributed by atoms with Crippen molar-refractivity contribution < 1.29 is 38.5 Å². The van der Waals surface area contributed by atoms with E-state index < -0.39 is 91.3 Å². The molecule has 298 valence electrons. The maximum absolute atomic E-state index is 13.8. The van der Waals surface area contributed by atoms with Gasteiger partial charge in [0.25, 0.3) is 0 Å². The molecular weight excluding hydrogens is 672 g/mol. The lowest BCUT2D eigenvalue weighted by atomic mass is 9.99. The summed E-state index contributed by atoms with van der Waals surface area (Å²) in [5.41, 5.74) is 0. The van der Waals surface area contributed by atoms with Crippen LogP contribution in [0.4, 0.5) is 0 Å². The van der Waals surface area contributed by atoms with Crippen molar-refractivity contribution in [1.82, 2.24) is 42.5 Å². The van der Waals surface area contributed by atoms with Gasteiger partial charge in [0.2, 0.25) is 23.6 Å². The number of fused-ring (bicyclic) bond motifs is 6. The van der Waals surface area contributed by atoms with Crippen LogP contribution in [-0.4, -0.2) is 127 Å². The lowest BCUT2D eigenvalue weighted by Crippen LogP contribution is -2.62. The van der Waals surface area contributed by atoms with Crippen LogP contribution >= 0.6 is 0 Å². The lowest BCUT2D eigenvalue weighted by molar-refractivity contribution is -0.129. The number of hydrogen-bond acceptors (Lipinski definition) is 12. The van der Waals surface area contributed by atoms with E-state index in [1.165, 1.54) is 6.92 Å². The van der Waals surface area contributed by atoms with Crippen molar-refractivity contribution in [2.24, 2.45) is 23.7 Å². The summed E-state index contributed by atoms with van der Waals surface area (Å²) in [6, 6.07) is -5.02. The molecule has 4 saturated heterocycles. The quantitative estimate of drug-likeness (QED) is 0.167. The Morgan fingerprint density at radius 3 is 1.15 bits per heavy atom. The van der Waals surface area contributed by atoms with Crippen molar-refractivity contribution in [3.05, 3.63) is 0 Å². The SMILES string of the molecule is CC(C)[C@@H]1NC(=O)[C@H]([C@@H](C)O)NC[C@H](C(C)C)NC(=O)[C@H]2NC(O[C@@H]2C)[C@H](C(C)C)NC(=O)[C@H]2NC(O[C@@H]2C)[C@H](C(C)C)NC(=O)[C@H]2NC1O[C@@H]2C. The zero-order chi connectivity index (χ0) is 38.8. The minimum atomic E-state index is -1.06. The summed E-state index contributed by atoms with van der Waals surface area (Å²) in [6.07, 6.45) is -4.56. The number of aliphatic hydroxyl groups is 1. The van der Waals surface area contributed by atoms with Crippen LogP contribution in [0.2, 0.25) is 0 Å². The van der Waals surface area contributed by atoms with E-state index in [4.69, 9.17) is 14.2 Å². The smallest absolute Gasteiger partial charge is 0.240 e. The van der Waals surface area contributed by atoms with Crippen LogP contribution in [0.15, 0.2) is 0 Å². The van der Waals surface area contributed by atoms with Gasteiger partial charge in [-0.3, -0.25) is 35.1 Å². The predicted octanol–water partition coefficient (Wildman–Crippen LogP) is -0.989. The molecule has 4 rings (SSSR count). The average Bonchev–Trinajstić information content (AvgIpc) is 3.75. The Kier molecular flexibility index (Phi) is 14.5. The fraction of sp³-hybridized carbons (Fsp3) is 0.889. The number of ether oxygens (including phenoxy) is 3. The first-order chi connectivity index (χ1) is 24.3. The molecule has 4 heterocycles. The second-order valence-electron chi connectivity index (χ2n) is 16.5. The third-order valence-corrected chi connectivity index (χ3v) is 10.9. The highest BCUT2D eigenvalue weighted by atomic mass is 16.5. The molecule has 3 unspecified atom stereocenters. The van der Waals surface area contributed by atoms with Crippen LogP contribution in [0.3, 0.4) is 0 Å². The number of amides is 4. The lowest BCUT2D eigenvalue weighted by Gasteiger charge is -2.32. The molecule has 9 N–H and O–H groups in total. The second kappa shape index (κ2) is 17.8. The van der Waals surface area contributed by atoms with E-state index >= 15 is 0 Å². The van der Waals surface area contributed by atoms with Crippen LogP contribution in [0.25, 0.3) is 0 Å². The Bertz CT molecular complexity index is 1220. The average molecular weight is 739 g/mol. The summed E-state index contributed by atoms with van der Waals surface area (Å²) in [4.78, 5) is 55.1. The van der Waals surface area contributed by atoms with Gasteiger partial charge in [-0.05, 0) is 51.4 Å². The third-order valence-electron chi connectivity index (χ3n) is 10.9. The van der Waals surface area contributed by atoms with Gasteiger partial charge in [-0.2, -0.15) is 0 Å². The Morgan fingerprint density at radius 2 is 0.846 bits per heavy atom. The maximum Gasteiger partial charge on any atom is 0.240 e. The van der Waals surface area contributed by atoms with E-state index in [-0.39, 0.29) is 54.0 Å². The zero-order valence-corrected chi connectivity index (χ0v) is 33.0. The minimum Gasteiger partial charge on any atom is -0.391 e. The highest BCUT2D eigenvalue weighted by Crippen LogP contribution is 2.24. The van der Waals surface area contributed by atoms with Gasteiger partial charge in [0.1, 0.15) is 42.9 Å². The number of hydrogen-bond donors (Lipinski definition) is 9. The summed E-state index contributed by atoms with van der Waals surface area (Å²) in [6.45, 7) is 22.9. The van der Waals surface area contributed by atoms with Crippen LogP contribution in [0.1, 0.15) is 83.1 Å². The molecule has 4 fully saturated rings. The molecule has 4 aliphatic rings.